The molecular weight excluding hydrogens is 150 g/mol. The molecule has 1 aliphatic heterocycles. The van der Waals surface area contributed by atoms with E-state index in [0.717, 1.165) is 6.26 Å². The van der Waals surface area contributed by atoms with E-state index in [-0.39, 0.29) is 0 Å². The van der Waals surface area contributed by atoms with E-state index in [9.17, 15) is 8.42 Å². The smallest absolute Gasteiger partial charge is 0.315 e. The minimum absolute atomic E-state index is 0.512. The quantitative estimate of drug-likeness (QED) is 0.376. The molecule has 1 aliphatic rings. The van der Waals surface area contributed by atoms with Gasteiger partial charge in [0.25, 0.3) is 0 Å². The average Bonchev–Trinajstić information content (AvgIpc) is 2.08. The highest BCUT2D eigenvalue weighted by Crippen LogP contribution is 2.04. The monoisotopic (exact) mass is 153 g/mol. The topological polar surface area (TPSA) is 84.9 Å². The lowest BCUT2D eigenvalue weighted by Gasteiger charge is -1.91. The zero-order valence-corrected chi connectivity index (χ0v) is 4.88. The van der Waals surface area contributed by atoms with E-state index >= 15 is 0 Å². The minimum atomic E-state index is -4.20. The molecule has 0 amide bonds. The highest BCUT2D eigenvalue weighted by molar-refractivity contribution is 7.89. The summed E-state index contributed by atoms with van der Waals surface area (Å²) in [5, 5.41) is -0.512. The van der Waals surface area contributed by atoms with Gasteiger partial charge in [0.2, 0.25) is 5.03 Å². The number of hydrogen-bond acceptors (Lipinski definition) is 5. The van der Waals surface area contributed by atoms with Gasteiger partial charge < -0.3 is 4.89 Å². The Balaban J connectivity index is 2.87. The van der Waals surface area contributed by atoms with Crippen LogP contribution in [-0.4, -0.2) is 13.0 Å². The van der Waals surface area contributed by atoms with Crippen LogP contribution in [0.25, 0.3) is 0 Å². The first-order chi connectivity index (χ1) is 4.11. The summed E-state index contributed by atoms with van der Waals surface area (Å²) in [6.07, 6.45) is 0.731. The van der Waals surface area contributed by atoms with Crippen LogP contribution in [0.15, 0.2) is 11.3 Å². The van der Waals surface area contributed by atoms with Crippen LogP contribution in [0.5, 0.6) is 0 Å². The van der Waals surface area contributed by atoms with Crippen LogP contribution in [0.2, 0.25) is 0 Å². The second-order valence-electron chi connectivity index (χ2n) is 1.24. The zero-order chi connectivity index (χ0) is 6.91. The van der Waals surface area contributed by atoms with E-state index in [0.29, 0.717) is 0 Å². The summed E-state index contributed by atoms with van der Waals surface area (Å²) in [5.74, 6) is 0. The molecule has 0 saturated carbocycles. The predicted octanol–water partition coefficient (Wildman–Crippen LogP) is -0.860. The molecule has 6 nitrogen and oxygen atoms in total. The normalized spacial score (nSPS) is 18.1. The first kappa shape index (κ1) is 6.33. The first-order valence-electron chi connectivity index (χ1n) is 1.87. The van der Waals surface area contributed by atoms with Gasteiger partial charge in [-0.15, -0.1) is 0 Å². The summed E-state index contributed by atoms with van der Waals surface area (Å²) in [4.78, 5) is 7.87. The van der Waals surface area contributed by atoms with Crippen molar-refractivity contribution >= 4 is 10.1 Å². The van der Waals surface area contributed by atoms with E-state index in [1.807, 2.05) is 0 Å². The molecule has 9 heavy (non-hydrogen) atoms. The van der Waals surface area contributed by atoms with E-state index in [1.165, 1.54) is 0 Å². The lowest BCUT2D eigenvalue weighted by molar-refractivity contribution is -0.265. The van der Waals surface area contributed by atoms with Crippen LogP contribution in [-0.2, 0) is 20.0 Å². The van der Waals surface area contributed by atoms with Crippen LogP contribution in [0, 0.1) is 0 Å². The Morgan fingerprint density at radius 3 is 2.56 bits per heavy atom. The average molecular weight is 153 g/mol. The molecule has 0 spiro atoms. The third-order valence-corrected chi connectivity index (χ3v) is 1.36. The van der Waals surface area contributed by atoms with Crippen molar-refractivity contribution in [3.8, 4) is 0 Å². The summed E-state index contributed by atoms with van der Waals surface area (Å²) in [5.41, 5.74) is 1.80. The highest BCUT2D eigenvalue weighted by Gasteiger charge is 2.19. The molecule has 2 N–H and O–H groups in total. The summed E-state index contributed by atoms with van der Waals surface area (Å²) < 4.78 is 28.4. The highest BCUT2D eigenvalue weighted by atomic mass is 32.2. The van der Waals surface area contributed by atoms with Gasteiger partial charge in [-0.3, -0.25) is 4.55 Å². The molecule has 52 valence electrons. The van der Waals surface area contributed by atoms with Crippen LogP contribution < -0.4 is 5.48 Å². The van der Waals surface area contributed by atoms with Crippen molar-refractivity contribution in [2.24, 2.45) is 0 Å². The molecule has 0 aromatic heterocycles. The molecule has 1 heterocycles. The van der Waals surface area contributed by atoms with Gasteiger partial charge in [-0.2, -0.15) is 8.42 Å². The molecule has 0 atom stereocenters. The van der Waals surface area contributed by atoms with Crippen molar-refractivity contribution in [2.75, 3.05) is 0 Å². The second-order valence-corrected chi connectivity index (χ2v) is 2.63. The Morgan fingerprint density at radius 1 is 1.67 bits per heavy atom. The Bertz CT molecular complexity index is 227. The molecule has 0 bridgehead atoms. The van der Waals surface area contributed by atoms with Gasteiger partial charge in [0.05, 0.1) is 0 Å². The van der Waals surface area contributed by atoms with Crippen LogP contribution in [0.1, 0.15) is 0 Å². The number of hydroxylamine groups is 1. The van der Waals surface area contributed by atoms with E-state index in [4.69, 9.17) is 4.55 Å². The summed E-state index contributed by atoms with van der Waals surface area (Å²) in [7, 11) is -4.20. The largest absolute Gasteiger partial charge is 0.319 e. The predicted molar refractivity (Wildman–Crippen MR) is 24.9 cm³/mol. The van der Waals surface area contributed by atoms with Gasteiger partial charge in [-0.25, -0.2) is 5.48 Å². The molecule has 0 aliphatic carbocycles. The molecule has 0 saturated heterocycles. The summed E-state index contributed by atoms with van der Waals surface area (Å²) in [6.45, 7) is 0. The Labute approximate surface area is 50.7 Å². The lowest BCUT2D eigenvalue weighted by atomic mass is 11.0. The minimum Gasteiger partial charge on any atom is -0.319 e. The van der Waals surface area contributed by atoms with Crippen molar-refractivity contribution in [1.29, 1.82) is 0 Å². The van der Waals surface area contributed by atoms with Gasteiger partial charge in [-0.05, 0) is 0 Å². The van der Waals surface area contributed by atoms with Gasteiger partial charge in [-0.1, -0.05) is 4.99 Å². The Morgan fingerprint density at radius 2 is 2.33 bits per heavy atom. The first-order valence-corrected chi connectivity index (χ1v) is 3.31. The summed E-state index contributed by atoms with van der Waals surface area (Å²) >= 11 is 0. The maximum absolute atomic E-state index is 10.1. The molecule has 7 heteroatoms. The Kier molecular flexibility index (Phi) is 1.31. The van der Waals surface area contributed by atoms with E-state index in [2.05, 4.69) is 9.88 Å². The maximum Gasteiger partial charge on any atom is 0.315 e. The van der Waals surface area contributed by atoms with Crippen molar-refractivity contribution in [3.63, 3.8) is 0 Å². The molecular formula is C2H3NO5S. The SMILES string of the molecule is O=S(=O)(O)C1=COON1. The number of rotatable bonds is 1. The second kappa shape index (κ2) is 1.87. The van der Waals surface area contributed by atoms with Crippen molar-refractivity contribution in [1.82, 2.24) is 5.48 Å². The van der Waals surface area contributed by atoms with Crippen molar-refractivity contribution in [2.45, 2.75) is 0 Å². The standard InChI is InChI=1S/C2H3NO5S/c4-9(5,6)2-1-7-8-3-2/h1,3H,(H,4,5,6). The van der Waals surface area contributed by atoms with Gasteiger partial charge in [0.1, 0.15) is 0 Å². The molecule has 0 fully saturated rings. The van der Waals surface area contributed by atoms with Gasteiger partial charge >= 0.3 is 10.1 Å². The van der Waals surface area contributed by atoms with Gasteiger partial charge in [0.15, 0.2) is 6.26 Å². The number of nitrogens with one attached hydrogen (secondary N) is 1. The molecule has 0 radical (unpaired) electrons. The van der Waals surface area contributed by atoms with Crippen LogP contribution in [0.3, 0.4) is 0 Å². The Hall–Kier alpha value is -0.790. The number of hydrogen-bond donors (Lipinski definition) is 2. The van der Waals surface area contributed by atoms with Crippen molar-refractivity contribution in [3.05, 3.63) is 11.3 Å². The van der Waals surface area contributed by atoms with Crippen molar-refractivity contribution < 1.29 is 22.8 Å². The fourth-order valence-electron chi connectivity index (χ4n) is 0.270. The molecule has 1 rings (SSSR count). The maximum atomic E-state index is 10.1. The zero-order valence-electron chi connectivity index (χ0n) is 4.07. The van der Waals surface area contributed by atoms with E-state index in [1.54, 1.807) is 5.48 Å². The lowest BCUT2D eigenvalue weighted by Crippen LogP contribution is -2.13. The van der Waals surface area contributed by atoms with Gasteiger partial charge in [0, 0.05) is 0 Å². The fraction of sp³-hybridized carbons (Fsp3) is 0. The molecule has 0 unspecified atom stereocenters. The van der Waals surface area contributed by atoms with E-state index < -0.39 is 15.1 Å². The third kappa shape index (κ3) is 1.31. The molecule has 0 aromatic carbocycles. The van der Waals surface area contributed by atoms with Crippen LogP contribution in [0.4, 0.5) is 0 Å². The third-order valence-electron chi connectivity index (χ3n) is 0.623. The van der Waals surface area contributed by atoms with Crippen LogP contribution >= 0.6 is 0 Å². The summed E-state index contributed by atoms with van der Waals surface area (Å²) in [6, 6.07) is 0. The molecule has 0 aromatic rings. The fourth-order valence-corrected chi connectivity index (χ4v) is 0.571.